The molecule has 3 rings (SSSR count). The van der Waals surface area contributed by atoms with Crippen molar-refractivity contribution in [3.8, 4) is 0 Å². The zero-order valence-corrected chi connectivity index (χ0v) is 73.6. The van der Waals surface area contributed by atoms with E-state index >= 15 is 0 Å². The molecule has 3 saturated heterocycles. The summed E-state index contributed by atoms with van der Waals surface area (Å²) in [5.41, 5.74) is 0. The molecule has 0 saturated carbocycles. The van der Waals surface area contributed by atoms with Gasteiger partial charge in [0.15, 0.2) is 55.5 Å². The molecule has 3 heterocycles. The van der Waals surface area contributed by atoms with E-state index in [0.29, 0.717) is 12.8 Å². The molecule has 0 spiro atoms. The third-order valence-electron chi connectivity index (χ3n) is 17.4. The van der Waals surface area contributed by atoms with Crippen molar-refractivity contribution in [1.29, 1.82) is 0 Å². The zero-order valence-electron chi connectivity index (χ0n) is 73.6. The highest BCUT2D eigenvalue weighted by Gasteiger charge is 2.54. The Balaban J connectivity index is 1.47. The van der Waals surface area contributed by atoms with Crippen LogP contribution in [0.15, 0.2) is 0 Å². The molecule has 7 amide bonds. The highest BCUT2D eigenvalue weighted by Crippen LogP contribution is 2.32. The average Bonchev–Trinajstić information content (AvgIpc) is 0.796. The first kappa shape index (κ1) is 112. The van der Waals surface area contributed by atoms with Crippen LogP contribution in [-0.4, -0.2) is 382 Å². The summed E-state index contributed by atoms with van der Waals surface area (Å²) in [6, 6.07) is -6.22. The molecular formula is C78H125N7O42. The number of ether oxygens (including phenoxy) is 24. The lowest BCUT2D eigenvalue weighted by Crippen LogP contribution is -2.66. The van der Waals surface area contributed by atoms with E-state index in [1.807, 2.05) is 0 Å². The van der Waals surface area contributed by atoms with Crippen molar-refractivity contribution in [1.82, 2.24) is 37.2 Å². The summed E-state index contributed by atoms with van der Waals surface area (Å²) in [4.78, 5) is 209. The second kappa shape index (κ2) is 64.2. The number of aliphatic carboxylic acids is 1. The lowest BCUT2D eigenvalue weighted by molar-refractivity contribution is -0.279. The smallest absolute Gasteiger partial charge is 0.326 e. The molecule has 0 aromatic rings. The zero-order chi connectivity index (χ0) is 94.2. The summed E-state index contributed by atoms with van der Waals surface area (Å²) in [6.45, 7) is 11.6. The third-order valence-corrected chi connectivity index (χ3v) is 17.4. The van der Waals surface area contributed by atoms with Crippen LogP contribution in [0, 0.1) is 0 Å². The molecule has 0 radical (unpaired) electrons. The number of esters is 9. The first-order valence-corrected chi connectivity index (χ1v) is 41.1. The molecule has 3 fully saturated rings. The molecule has 0 aromatic heterocycles. The molecule has 17 atom stereocenters. The van der Waals surface area contributed by atoms with E-state index in [2.05, 4.69) is 37.2 Å². The quantitative estimate of drug-likeness (QED) is 0.0163. The predicted octanol–water partition coefficient (Wildman–Crippen LogP) is -4.22. The number of rotatable bonds is 65. The Morgan fingerprint density at radius 2 is 0.543 bits per heavy atom. The maximum Gasteiger partial charge on any atom is 0.326 e. The van der Waals surface area contributed by atoms with Crippen LogP contribution in [0.2, 0.25) is 0 Å². The lowest BCUT2D eigenvalue weighted by atomic mass is 9.96. The number of hydrogen-bond acceptors (Lipinski definition) is 41. The molecule has 0 bridgehead atoms. The van der Waals surface area contributed by atoms with Crippen LogP contribution in [0.25, 0.3) is 0 Å². The number of carboxylic acid groups (broad SMARTS) is 1. The van der Waals surface area contributed by atoms with E-state index < -0.39 is 231 Å². The Morgan fingerprint density at radius 3 is 0.803 bits per heavy atom. The SMILES string of the molecule is CC(=O)N[C@H]1[C@H](OCCOCCOCCOCC(=O)NC(CCCCNC(=O)COCCOCCOCCO[C@@H]2O[C@H](COC(C)=O)C(OC(C)=O)[C@H](OC(C)=O)[C@H]2NC(C)=O)C(=O)NC(CCCCNC(=O)COCCOCCOCCO[C@@H]2O[C@H](COC(C)=O)C(OC(C)=O)[C@H](OC(C)=O)[C@H]2NC(C)=O)C(=O)O)O[C@H](COC(C)=O)[C@H](OC(C)=O)[C@@H]1OC(C)=O. The average molecular weight is 1830 g/mol. The van der Waals surface area contributed by atoms with Gasteiger partial charge in [-0.1, -0.05) is 0 Å². The van der Waals surface area contributed by atoms with Crippen LogP contribution < -0.4 is 37.2 Å². The van der Waals surface area contributed by atoms with Gasteiger partial charge in [-0.05, 0) is 38.5 Å². The molecule has 8 N–H and O–H groups in total. The second-order valence-electron chi connectivity index (χ2n) is 28.3. The van der Waals surface area contributed by atoms with Crippen molar-refractivity contribution in [3.63, 3.8) is 0 Å². The number of carbonyl (C=O) groups excluding carboxylic acids is 16. The van der Waals surface area contributed by atoms with Crippen molar-refractivity contribution < 1.29 is 200 Å². The minimum atomic E-state index is -1.42. The predicted molar refractivity (Wildman–Crippen MR) is 422 cm³/mol. The van der Waals surface area contributed by atoms with Gasteiger partial charge in [0.05, 0.1) is 119 Å². The minimum absolute atomic E-state index is 0.00367. The molecule has 49 heteroatoms. The maximum atomic E-state index is 13.8. The van der Waals surface area contributed by atoms with Gasteiger partial charge in [-0.25, -0.2) is 4.79 Å². The first-order valence-electron chi connectivity index (χ1n) is 41.1. The lowest BCUT2D eigenvalue weighted by Gasteiger charge is -2.44. The topological polar surface area (TPSA) is 616 Å². The molecule has 127 heavy (non-hydrogen) atoms. The van der Waals surface area contributed by atoms with Crippen molar-refractivity contribution in [2.45, 2.75) is 226 Å². The van der Waals surface area contributed by atoms with E-state index in [1.54, 1.807) is 0 Å². The molecule has 49 nitrogen and oxygen atoms in total. The largest absolute Gasteiger partial charge is 0.480 e. The van der Waals surface area contributed by atoms with Crippen molar-refractivity contribution in [3.05, 3.63) is 0 Å². The standard InChI is InChI=1S/C78H125N7O42/c1-45(86)81-65-71(122-54(10)95)68(119-51(7)92)59(39-116-48(4)89)125-76(65)113-36-33-107-24-21-104-27-30-110-42-62(98)79-19-15-13-17-57(84-64(100)44-112-32-29-106-23-26-109-35-38-115-78-67(83-47(3)88)73(124-56(12)97)70(121-53(9)94)61(127-78)41-118-50(6)91)74(101)85-58(75(102)103)18-14-16-20-80-63(99)43-111-31-28-105-22-25-108-34-37-114-77-66(82-46(2)87)72(123-55(11)96)69(120-52(8)93)60(126-77)40-117-49(5)90/h57-61,65-73,76-78H,13-44H2,1-12H3,(H,79,98)(H,80,99)(H,81,86)(H,82,87)(H,83,88)(H,84,100)(H,85,101)(H,102,103)/t57?,58?,59-,60-,61-,65-,66-,67-,68?,69?,70+,71-,72-,73-,76-,77-,78-/m1/s1. The van der Waals surface area contributed by atoms with Gasteiger partial charge in [0.25, 0.3) is 0 Å². The highest BCUT2D eigenvalue weighted by molar-refractivity contribution is 5.90. The van der Waals surface area contributed by atoms with E-state index in [9.17, 15) is 86.6 Å². The fourth-order valence-corrected chi connectivity index (χ4v) is 12.3. The van der Waals surface area contributed by atoms with Gasteiger partial charge >= 0.3 is 59.7 Å². The van der Waals surface area contributed by atoms with Crippen LogP contribution in [0.5, 0.6) is 0 Å². The summed E-state index contributed by atoms with van der Waals surface area (Å²) in [5.74, 6) is -12.2. The van der Waals surface area contributed by atoms with Crippen LogP contribution >= 0.6 is 0 Å². The normalized spacial score (nSPS) is 22.3. The van der Waals surface area contributed by atoms with E-state index in [0.717, 1.165) is 62.3 Å². The Labute approximate surface area is 733 Å². The van der Waals surface area contributed by atoms with Gasteiger partial charge < -0.3 is 156 Å². The van der Waals surface area contributed by atoms with Gasteiger partial charge in [-0.15, -0.1) is 0 Å². The van der Waals surface area contributed by atoms with E-state index in [-0.39, 0.29) is 171 Å². The summed E-state index contributed by atoms with van der Waals surface area (Å²) in [7, 11) is 0. The Morgan fingerprint density at radius 1 is 0.291 bits per heavy atom. The molecule has 724 valence electrons. The summed E-state index contributed by atoms with van der Waals surface area (Å²) < 4.78 is 133. The molecule has 3 aliphatic heterocycles. The number of amides is 7. The molecule has 3 aliphatic rings. The number of nitrogens with one attached hydrogen (secondary N) is 7. The van der Waals surface area contributed by atoms with Gasteiger partial charge in [0, 0.05) is 96.2 Å². The Hall–Kier alpha value is -9.61. The van der Waals surface area contributed by atoms with E-state index in [1.165, 1.54) is 20.8 Å². The monoisotopic (exact) mass is 1830 g/mol. The van der Waals surface area contributed by atoms with Crippen molar-refractivity contribution in [2.24, 2.45) is 0 Å². The van der Waals surface area contributed by atoms with Crippen molar-refractivity contribution >= 4 is 101 Å². The summed E-state index contributed by atoms with van der Waals surface area (Å²) in [6.07, 6.45) is -14.3. The first-order chi connectivity index (χ1) is 60.5. The number of carbonyl (C=O) groups is 17. The van der Waals surface area contributed by atoms with E-state index in [4.69, 9.17) is 114 Å². The van der Waals surface area contributed by atoms with Gasteiger partial charge in [0.2, 0.25) is 41.4 Å². The van der Waals surface area contributed by atoms with Gasteiger partial charge in [0.1, 0.15) is 88.2 Å². The molecular weight excluding hydrogens is 1710 g/mol. The highest BCUT2D eigenvalue weighted by atomic mass is 16.7. The Kier molecular flexibility index (Phi) is 56.4. The second-order valence-corrected chi connectivity index (χ2v) is 28.3. The van der Waals surface area contributed by atoms with Crippen LogP contribution in [-0.2, 0) is 195 Å². The van der Waals surface area contributed by atoms with Crippen LogP contribution in [0.4, 0.5) is 0 Å². The minimum Gasteiger partial charge on any atom is -0.480 e. The fraction of sp³-hybridized carbons (Fsp3) is 0.782. The van der Waals surface area contributed by atoms with Crippen LogP contribution in [0.1, 0.15) is 122 Å². The van der Waals surface area contributed by atoms with Crippen molar-refractivity contribution in [2.75, 3.05) is 172 Å². The van der Waals surface area contributed by atoms with Gasteiger partial charge in [-0.2, -0.15) is 0 Å². The number of unbranched alkanes of at least 4 members (excludes halogenated alkanes) is 2. The third kappa shape index (κ3) is 49.5. The maximum absolute atomic E-state index is 13.8. The van der Waals surface area contributed by atoms with Gasteiger partial charge in [-0.3, -0.25) is 76.7 Å². The fourth-order valence-electron chi connectivity index (χ4n) is 12.3. The Bertz CT molecular complexity index is 3430. The molecule has 0 aromatic carbocycles. The summed E-state index contributed by atoms with van der Waals surface area (Å²) in [5, 5.41) is 28.4. The number of carboxylic acids is 1. The molecule has 4 unspecified atom stereocenters. The van der Waals surface area contributed by atoms with Crippen LogP contribution in [0.3, 0.4) is 0 Å². The summed E-state index contributed by atoms with van der Waals surface area (Å²) >= 11 is 0. The molecule has 0 aliphatic carbocycles. The number of hydrogen-bond donors (Lipinski definition) is 8.